The van der Waals surface area contributed by atoms with Gasteiger partial charge in [0.15, 0.2) is 5.75 Å². The van der Waals surface area contributed by atoms with E-state index in [1.165, 1.54) is 12.1 Å². The number of hydrogen-bond acceptors (Lipinski definition) is 4. The molecule has 0 N–H and O–H groups in total. The molecule has 1 heterocycles. The van der Waals surface area contributed by atoms with Crippen LogP contribution < -0.4 is 4.18 Å². The lowest BCUT2D eigenvalue weighted by Gasteiger charge is -2.10. The normalized spacial score (nSPS) is 11.5. The summed E-state index contributed by atoms with van der Waals surface area (Å²) >= 11 is 0. The monoisotopic (exact) mass is 313 g/mol. The Kier molecular flexibility index (Phi) is 3.58. The fourth-order valence-corrected chi connectivity index (χ4v) is 3.16. The second-order valence-electron chi connectivity index (χ2n) is 5.13. The highest BCUT2D eigenvalue weighted by molar-refractivity contribution is 7.87. The molecule has 0 spiro atoms. The molecule has 3 aromatic rings. The van der Waals surface area contributed by atoms with Gasteiger partial charge in [0, 0.05) is 11.6 Å². The predicted octanol–water partition coefficient (Wildman–Crippen LogP) is 3.62. The average Bonchev–Trinajstić information content (AvgIpc) is 2.48. The number of pyridine rings is 1. The Hall–Kier alpha value is -2.40. The average molecular weight is 313 g/mol. The Balaban J connectivity index is 2.06. The maximum Gasteiger partial charge on any atom is 0.339 e. The molecule has 22 heavy (non-hydrogen) atoms. The maximum atomic E-state index is 12.4. The van der Waals surface area contributed by atoms with E-state index in [0.29, 0.717) is 5.52 Å². The molecule has 0 aliphatic carbocycles. The van der Waals surface area contributed by atoms with E-state index < -0.39 is 10.1 Å². The van der Waals surface area contributed by atoms with Gasteiger partial charge in [-0.2, -0.15) is 8.42 Å². The Labute approximate surface area is 129 Å². The number of rotatable bonds is 3. The van der Waals surface area contributed by atoms with Crippen molar-refractivity contribution in [2.45, 2.75) is 18.7 Å². The first-order valence-corrected chi connectivity index (χ1v) is 8.24. The fraction of sp³-hybridized carbons (Fsp3) is 0.118. The third-order valence-corrected chi connectivity index (χ3v) is 4.71. The highest BCUT2D eigenvalue weighted by Crippen LogP contribution is 2.28. The Morgan fingerprint density at radius 3 is 2.41 bits per heavy atom. The molecule has 0 fully saturated rings. The number of hydrogen-bond donors (Lipinski definition) is 0. The highest BCUT2D eigenvalue weighted by Gasteiger charge is 2.18. The smallest absolute Gasteiger partial charge is 0.339 e. The largest absolute Gasteiger partial charge is 0.377 e. The van der Waals surface area contributed by atoms with Crippen LogP contribution in [0.3, 0.4) is 0 Å². The van der Waals surface area contributed by atoms with Crippen LogP contribution in [0, 0.1) is 13.8 Å². The standard InChI is InChI=1S/C17H15NO3S/c1-12-6-8-14(9-7-12)22(19,20)21-16-5-3-4-15-13(2)10-11-18-17(15)16/h3-11H,1-2H3. The zero-order chi connectivity index (χ0) is 15.7. The van der Waals surface area contributed by atoms with Crippen LogP contribution >= 0.6 is 0 Å². The molecule has 0 saturated carbocycles. The SMILES string of the molecule is Cc1ccc(S(=O)(=O)Oc2cccc3c(C)ccnc23)cc1. The molecule has 0 aliphatic heterocycles. The van der Waals surface area contributed by atoms with Gasteiger partial charge in [-0.15, -0.1) is 0 Å². The van der Waals surface area contributed by atoms with Gasteiger partial charge in [-0.25, -0.2) is 0 Å². The predicted molar refractivity (Wildman–Crippen MR) is 85.5 cm³/mol. The number of aromatic nitrogens is 1. The summed E-state index contributed by atoms with van der Waals surface area (Å²) in [4.78, 5) is 4.37. The summed E-state index contributed by atoms with van der Waals surface area (Å²) in [7, 11) is -3.87. The van der Waals surface area contributed by atoms with Crippen LogP contribution in [-0.2, 0) is 10.1 Å². The first-order valence-electron chi connectivity index (χ1n) is 6.83. The van der Waals surface area contributed by atoms with Gasteiger partial charge >= 0.3 is 10.1 Å². The van der Waals surface area contributed by atoms with Crippen molar-refractivity contribution in [2.24, 2.45) is 0 Å². The summed E-state index contributed by atoms with van der Waals surface area (Å²) < 4.78 is 30.1. The topological polar surface area (TPSA) is 56.3 Å². The first-order chi connectivity index (χ1) is 10.5. The molecule has 0 radical (unpaired) electrons. The lowest BCUT2D eigenvalue weighted by atomic mass is 10.1. The number of fused-ring (bicyclic) bond motifs is 1. The minimum Gasteiger partial charge on any atom is -0.377 e. The van der Waals surface area contributed by atoms with Crippen LogP contribution in [0.4, 0.5) is 0 Å². The van der Waals surface area contributed by atoms with Gasteiger partial charge in [-0.3, -0.25) is 4.98 Å². The van der Waals surface area contributed by atoms with E-state index in [4.69, 9.17) is 4.18 Å². The third kappa shape index (κ3) is 2.67. The fourth-order valence-electron chi connectivity index (χ4n) is 2.23. The van der Waals surface area contributed by atoms with E-state index in [1.54, 1.807) is 30.5 Å². The van der Waals surface area contributed by atoms with Crippen LogP contribution in [0.15, 0.2) is 59.6 Å². The van der Waals surface area contributed by atoms with Gasteiger partial charge in [0.05, 0.1) is 0 Å². The molecule has 0 atom stereocenters. The van der Waals surface area contributed by atoms with Gasteiger partial charge in [0.2, 0.25) is 0 Å². The van der Waals surface area contributed by atoms with Crippen molar-refractivity contribution in [3.05, 3.63) is 65.9 Å². The van der Waals surface area contributed by atoms with Crippen LogP contribution in [0.2, 0.25) is 0 Å². The van der Waals surface area contributed by atoms with Gasteiger partial charge in [-0.1, -0.05) is 29.8 Å². The molecular weight excluding hydrogens is 298 g/mol. The molecule has 0 saturated heterocycles. The molecule has 2 aromatic carbocycles. The zero-order valence-electron chi connectivity index (χ0n) is 12.3. The van der Waals surface area contributed by atoms with E-state index in [0.717, 1.165) is 16.5 Å². The molecule has 0 aliphatic rings. The number of para-hydroxylation sites is 1. The summed E-state index contributed by atoms with van der Waals surface area (Å²) in [5, 5.41) is 0.874. The van der Waals surface area contributed by atoms with Crippen molar-refractivity contribution in [1.29, 1.82) is 0 Å². The van der Waals surface area contributed by atoms with Crippen molar-refractivity contribution >= 4 is 21.0 Å². The number of aryl methyl sites for hydroxylation is 2. The van der Waals surface area contributed by atoms with E-state index >= 15 is 0 Å². The van der Waals surface area contributed by atoms with Gasteiger partial charge < -0.3 is 4.18 Å². The van der Waals surface area contributed by atoms with Crippen molar-refractivity contribution in [1.82, 2.24) is 4.98 Å². The first kappa shape index (κ1) is 14.5. The molecule has 1 aromatic heterocycles. The highest BCUT2D eigenvalue weighted by atomic mass is 32.2. The maximum absolute atomic E-state index is 12.4. The molecule has 4 nitrogen and oxygen atoms in total. The van der Waals surface area contributed by atoms with Gasteiger partial charge in [0.1, 0.15) is 10.4 Å². The van der Waals surface area contributed by atoms with Crippen molar-refractivity contribution in [2.75, 3.05) is 0 Å². The van der Waals surface area contributed by atoms with E-state index in [9.17, 15) is 8.42 Å². The van der Waals surface area contributed by atoms with Crippen molar-refractivity contribution in [3.63, 3.8) is 0 Å². The van der Waals surface area contributed by atoms with E-state index in [2.05, 4.69) is 4.98 Å². The Morgan fingerprint density at radius 1 is 0.955 bits per heavy atom. The van der Waals surface area contributed by atoms with Crippen LogP contribution in [-0.4, -0.2) is 13.4 Å². The van der Waals surface area contributed by atoms with E-state index in [1.807, 2.05) is 26.0 Å². The molecule has 3 rings (SSSR count). The molecule has 112 valence electrons. The summed E-state index contributed by atoms with van der Waals surface area (Å²) in [6.45, 7) is 3.84. The molecule has 0 amide bonds. The van der Waals surface area contributed by atoms with Gasteiger partial charge in [-0.05, 0) is 43.7 Å². The number of benzene rings is 2. The van der Waals surface area contributed by atoms with Crippen LogP contribution in [0.25, 0.3) is 10.9 Å². The molecule has 5 heteroatoms. The summed E-state index contributed by atoms with van der Waals surface area (Å²) in [6, 6.07) is 13.7. The molecule has 0 unspecified atom stereocenters. The lowest BCUT2D eigenvalue weighted by Crippen LogP contribution is -2.10. The minimum atomic E-state index is -3.87. The Morgan fingerprint density at radius 2 is 1.68 bits per heavy atom. The summed E-state index contributed by atoms with van der Waals surface area (Å²) in [5.41, 5.74) is 2.54. The quantitative estimate of drug-likeness (QED) is 0.693. The molecule has 0 bridgehead atoms. The second-order valence-corrected chi connectivity index (χ2v) is 6.68. The third-order valence-electron chi connectivity index (χ3n) is 3.46. The number of nitrogens with zero attached hydrogens (tertiary/aromatic N) is 1. The minimum absolute atomic E-state index is 0.128. The molecular formula is C17H15NO3S. The van der Waals surface area contributed by atoms with Crippen LogP contribution in [0.1, 0.15) is 11.1 Å². The van der Waals surface area contributed by atoms with Crippen molar-refractivity contribution in [3.8, 4) is 5.75 Å². The van der Waals surface area contributed by atoms with Crippen molar-refractivity contribution < 1.29 is 12.6 Å². The second kappa shape index (κ2) is 5.42. The lowest BCUT2D eigenvalue weighted by molar-refractivity contribution is 0.488. The summed E-state index contributed by atoms with van der Waals surface area (Å²) in [5.74, 6) is 0.238. The van der Waals surface area contributed by atoms with Crippen LogP contribution in [0.5, 0.6) is 5.75 Å². The zero-order valence-corrected chi connectivity index (χ0v) is 13.1. The van der Waals surface area contributed by atoms with Gasteiger partial charge in [0.25, 0.3) is 0 Å². The van der Waals surface area contributed by atoms with E-state index in [-0.39, 0.29) is 10.6 Å². The Bertz CT molecular complexity index is 932. The summed E-state index contributed by atoms with van der Waals surface area (Å²) in [6.07, 6.45) is 1.64.